The first-order chi connectivity index (χ1) is 16.4. The van der Waals surface area contributed by atoms with Crippen LogP contribution < -0.4 is 4.74 Å². The zero-order valence-corrected chi connectivity index (χ0v) is 19.5. The Labute approximate surface area is 197 Å². The lowest BCUT2D eigenvalue weighted by Crippen LogP contribution is -2.34. The van der Waals surface area contributed by atoms with Crippen LogP contribution in [0.1, 0.15) is 51.2 Å². The van der Waals surface area contributed by atoms with Crippen molar-refractivity contribution in [3.63, 3.8) is 0 Å². The maximum atomic E-state index is 15.0. The molecule has 2 aliphatic heterocycles. The molecule has 0 spiro atoms. The summed E-state index contributed by atoms with van der Waals surface area (Å²) >= 11 is 0. The van der Waals surface area contributed by atoms with Gasteiger partial charge < -0.3 is 14.2 Å². The monoisotopic (exact) mass is 478 g/mol. The van der Waals surface area contributed by atoms with Crippen molar-refractivity contribution in [3.8, 4) is 16.9 Å². The Balaban J connectivity index is 1.45. The van der Waals surface area contributed by atoms with Crippen LogP contribution in [0.4, 0.5) is 17.6 Å². The highest BCUT2D eigenvalue weighted by molar-refractivity contribution is 5.66. The first-order valence-corrected chi connectivity index (χ1v) is 11.9. The van der Waals surface area contributed by atoms with E-state index in [9.17, 15) is 13.2 Å². The van der Waals surface area contributed by atoms with E-state index in [-0.39, 0.29) is 35.2 Å². The quantitative estimate of drug-likeness (QED) is 0.326. The van der Waals surface area contributed by atoms with Crippen molar-refractivity contribution in [1.29, 1.82) is 0 Å². The molecule has 2 saturated heterocycles. The average Bonchev–Trinajstić information content (AvgIpc) is 2.85. The lowest BCUT2D eigenvalue weighted by Gasteiger charge is -2.37. The maximum Gasteiger partial charge on any atom is 0.201 e. The molecule has 4 atom stereocenters. The Morgan fingerprint density at radius 3 is 2.06 bits per heavy atom. The van der Waals surface area contributed by atoms with Gasteiger partial charge in [0.15, 0.2) is 23.2 Å². The Morgan fingerprint density at radius 1 is 0.824 bits per heavy atom. The minimum Gasteiger partial charge on any atom is -0.491 e. The molecule has 0 amide bonds. The van der Waals surface area contributed by atoms with E-state index in [1.54, 1.807) is 6.92 Å². The molecule has 0 radical (unpaired) electrons. The minimum atomic E-state index is -1.28. The van der Waals surface area contributed by atoms with Crippen LogP contribution in [0.3, 0.4) is 0 Å². The average molecular weight is 479 g/mol. The van der Waals surface area contributed by atoms with Crippen LogP contribution in [0.2, 0.25) is 0 Å². The third-order valence-electron chi connectivity index (χ3n) is 6.83. The summed E-state index contributed by atoms with van der Waals surface area (Å²) in [7, 11) is 0. The highest BCUT2D eigenvalue weighted by Crippen LogP contribution is 2.40. The summed E-state index contributed by atoms with van der Waals surface area (Å²) in [5.74, 6) is -4.38. The van der Waals surface area contributed by atoms with E-state index in [4.69, 9.17) is 14.2 Å². The molecular formula is C27H30F4O3. The normalized spacial score (nSPS) is 25.6. The van der Waals surface area contributed by atoms with Crippen molar-refractivity contribution in [3.05, 3.63) is 65.2 Å². The summed E-state index contributed by atoms with van der Waals surface area (Å²) in [6, 6.07) is 5.08. The molecule has 2 aromatic carbocycles. The topological polar surface area (TPSA) is 27.7 Å². The van der Waals surface area contributed by atoms with Crippen LogP contribution in [0.25, 0.3) is 11.1 Å². The Kier molecular flexibility index (Phi) is 7.94. The molecule has 4 rings (SSSR count). The van der Waals surface area contributed by atoms with Gasteiger partial charge in [0.2, 0.25) is 5.82 Å². The van der Waals surface area contributed by atoms with Crippen molar-refractivity contribution in [2.45, 2.75) is 51.7 Å². The highest BCUT2D eigenvalue weighted by Gasteiger charge is 2.33. The molecule has 2 heterocycles. The summed E-state index contributed by atoms with van der Waals surface area (Å²) in [4.78, 5) is 0. The van der Waals surface area contributed by atoms with E-state index in [2.05, 4.69) is 6.08 Å². The van der Waals surface area contributed by atoms with Gasteiger partial charge in [-0.25, -0.2) is 13.2 Å². The SMILES string of the molecule is CC=CC1CCC(C2CCC(c3ccc(-c4ccc(OCC)c(F)c4F)c(F)c3F)OC2)CO1. The van der Waals surface area contributed by atoms with Gasteiger partial charge in [-0.3, -0.25) is 0 Å². The van der Waals surface area contributed by atoms with Crippen molar-refractivity contribution in [2.24, 2.45) is 11.8 Å². The predicted octanol–water partition coefficient (Wildman–Crippen LogP) is 7.15. The highest BCUT2D eigenvalue weighted by atomic mass is 19.2. The summed E-state index contributed by atoms with van der Waals surface area (Å²) < 4.78 is 75.6. The van der Waals surface area contributed by atoms with Crippen LogP contribution in [0.15, 0.2) is 36.4 Å². The van der Waals surface area contributed by atoms with Crippen molar-refractivity contribution >= 4 is 0 Å². The molecule has 34 heavy (non-hydrogen) atoms. The van der Waals surface area contributed by atoms with Gasteiger partial charge in [0.25, 0.3) is 0 Å². The van der Waals surface area contributed by atoms with Crippen LogP contribution in [-0.4, -0.2) is 25.9 Å². The molecule has 0 N–H and O–H groups in total. The van der Waals surface area contributed by atoms with Crippen molar-refractivity contribution in [1.82, 2.24) is 0 Å². The van der Waals surface area contributed by atoms with E-state index in [0.29, 0.717) is 31.5 Å². The lowest BCUT2D eigenvalue weighted by atomic mass is 9.81. The number of hydrogen-bond acceptors (Lipinski definition) is 3. The van der Waals surface area contributed by atoms with Crippen LogP contribution >= 0.6 is 0 Å². The number of ether oxygens (including phenoxy) is 3. The fourth-order valence-corrected chi connectivity index (χ4v) is 4.95. The molecule has 2 fully saturated rings. The molecular weight excluding hydrogens is 448 g/mol. The van der Waals surface area contributed by atoms with Gasteiger partial charge in [-0.1, -0.05) is 24.3 Å². The Morgan fingerprint density at radius 2 is 1.47 bits per heavy atom. The van der Waals surface area contributed by atoms with Crippen molar-refractivity contribution < 1.29 is 31.8 Å². The van der Waals surface area contributed by atoms with Gasteiger partial charge in [-0.05, 0) is 63.5 Å². The standard InChI is InChI=1S/C27H30F4O3/c1-3-5-18-8-6-16(14-33-18)17-7-12-22(34-15-17)21-10-9-19(24(28)26(21)30)20-11-13-23(32-4-2)27(31)25(20)29/h3,5,9-11,13,16-18,22H,4,6-8,12,14-15H2,1-2H3. The summed E-state index contributed by atoms with van der Waals surface area (Å²) in [5, 5.41) is 0. The number of allylic oxidation sites excluding steroid dienone is 1. The van der Waals surface area contributed by atoms with Gasteiger partial charge in [0, 0.05) is 16.7 Å². The third kappa shape index (κ3) is 5.01. The smallest absolute Gasteiger partial charge is 0.201 e. The Bertz CT molecular complexity index is 1020. The van der Waals surface area contributed by atoms with Crippen LogP contribution in [-0.2, 0) is 9.47 Å². The second kappa shape index (κ2) is 10.9. The largest absolute Gasteiger partial charge is 0.491 e. The van der Waals surface area contributed by atoms with Gasteiger partial charge in [-0.15, -0.1) is 0 Å². The van der Waals surface area contributed by atoms with Crippen LogP contribution in [0.5, 0.6) is 5.75 Å². The first-order valence-electron chi connectivity index (χ1n) is 11.9. The van der Waals surface area contributed by atoms with Gasteiger partial charge in [0.05, 0.1) is 32.0 Å². The molecule has 2 aromatic rings. The lowest BCUT2D eigenvalue weighted by molar-refractivity contribution is -0.0722. The van der Waals surface area contributed by atoms with E-state index in [0.717, 1.165) is 19.3 Å². The number of hydrogen-bond donors (Lipinski definition) is 0. The minimum absolute atomic E-state index is 0.0968. The molecule has 0 bridgehead atoms. The third-order valence-corrected chi connectivity index (χ3v) is 6.83. The van der Waals surface area contributed by atoms with Crippen molar-refractivity contribution in [2.75, 3.05) is 19.8 Å². The van der Waals surface area contributed by atoms with Gasteiger partial charge in [-0.2, -0.15) is 4.39 Å². The molecule has 184 valence electrons. The molecule has 0 saturated carbocycles. The van der Waals surface area contributed by atoms with E-state index in [1.165, 1.54) is 24.3 Å². The fraction of sp³-hybridized carbons (Fsp3) is 0.481. The summed E-state index contributed by atoms with van der Waals surface area (Å²) in [6.45, 7) is 4.90. The number of halogens is 4. The van der Waals surface area contributed by atoms with Gasteiger partial charge in [0.1, 0.15) is 0 Å². The molecule has 2 aliphatic rings. The van der Waals surface area contributed by atoms with Gasteiger partial charge >= 0.3 is 0 Å². The maximum absolute atomic E-state index is 15.0. The van der Waals surface area contributed by atoms with E-state index < -0.39 is 29.4 Å². The zero-order valence-electron chi connectivity index (χ0n) is 19.5. The number of benzene rings is 2. The van der Waals surface area contributed by atoms with E-state index >= 15 is 4.39 Å². The summed E-state index contributed by atoms with van der Waals surface area (Å²) in [6.07, 6.45) is 7.06. The Hall–Kier alpha value is -2.38. The zero-order chi connectivity index (χ0) is 24.2. The predicted molar refractivity (Wildman–Crippen MR) is 122 cm³/mol. The molecule has 0 aromatic heterocycles. The molecule has 3 nitrogen and oxygen atoms in total. The molecule has 4 unspecified atom stereocenters. The second-order valence-electron chi connectivity index (χ2n) is 8.90. The molecule has 0 aliphatic carbocycles. The number of rotatable bonds is 6. The fourth-order valence-electron chi connectivity index (χ4n) is 4.95. The second-order valence-corrected chi connectivity index (χ2v) is 8.90. The first kappa shape index (κ1) is 24.7. The molecule has 7 heteroatoms. The summed E-state index contributed by atoms with van der Waals surface area (Å²) in [5.41, 5.74) is -0.606. The van der Waals surface area contributed by atoms with E-state index in [1.807, 2.05) is 13.0 Å². The van der Waals surface area contributed by atoms with Crippen LogP contribution in [0, 0.1) is 35.1 Å².